The standard InChI is InChI=1S/C23H24N2O.C17H10NO.C16H13N2.Ir/c1-6-8-16(14-23(3,4)5)13-20(24)19-10-7-9-17-18-12-11-15(2)25-22(18)26-21(17)19;1-2-10-16-12(6-1)13-7-5-8-14(17(13)19-16)15-9-3-4-11-18-15;1-2-6-13(7-3-1)16-17-14-10-4-8-12-9-5-11-18(16)15(12)14;/h6-9,11-13H,14H2,1-5H3;1-7,9-11H;1-4,6,8,10H,5,9,11H2;/q-2;2*-1;/b8-6-,16-13+;;;. The molecule has 11 rings (SSSR count). The Morgan fingerprint density at radius 2 is 1.58 bits per heavy atom. The second-order valence-corrected chi connectivity index (χ2v) is 17.0. The van der Waals surface area contributed by atoms with Crippen molar-refractivity contribution >= 4 is 60.8 Å². The van der Waals surface area contributed by atoms with Crippen LogP contribution in [0.5, 0.6) is 0 Å². The number of fused-ring (bicyclic) bond motifs is 6. The zero-order chi connectivity index (χ0) is 43.5. The van der Waals surface area contributed by atoms with Crippen LogP contribution in [0.1, 0.15) is 57.4 Å². The Kier molecular flexibility index (Phi) is 13.0. The number of pyridine rings is 2. The smallest absolute Gasteiger partial charge is 0.216 e. The monoisotopic (exact) mass is 1010 g/mol. The molecule has 0 spiro atoms. The predicted molar refractivity (Wildman–Crippen MR) is 258 cm³/mol. The van der Waals surface area contributed by atoms with E-state index in [4.69, 9.17) is 13.8 Å². The Hall–Kier alpha value is -6.73. The number of para-hydroxylation sites is 2. The molecule has 7 nitrogen and oxygen atoms in total. The molecule has 10 aromatic rings. The van der Waals surface area contributed by atoms with Crippen molar-refractivity contribution in [3.05, 3.63) is 192 Å². The van der Waals surface area contributed by atoms with Crippen molar-refractivity contribution in [2.75, 3.05) is 0 Å². The van der Waals surface area contributed by atoms with E-state index in [1.54, 1.807) is 6.20 Å². The van der Waals surface area contributed by atoms with Crippen molar-refractivity contribution < 1.29 is 28.9 Å². The molecular formula is C56H47IrN5O2-4. The van der Waals surface area contributed by atoms with Crippen LogP contribution in [0.3, 0.4) is 0 Å². The Morgan fingerprint density at radius 1 is 0.781 bits per heavy atom. The minimum Gasteiger partial charge on any atom is -0.855 e. The summed E-state index contributed by atoms with van der Waals surface area (Å²) in [6.45, 7) is 11.5. The average Bonchev–Trinajstić information content (AvgIpc) is 3.99. The minimum atomic E-state index is 0. The molecule has 6 heterocycles. The summed E-state index contributed by atoms with van der Waals surface area (Å²) in [6.07, 6.45) is 10.8. The summed E-state index contributed by atoms with van der Waals surface area (Å²) in [6, 6.07) is 49.7. The van der Waals surface area contributed by atoms with E-state index in [0.717, 1.165) is 85.1 Å². The molecular weight excluding hydrogens is 967 g/mol. The molecule has 0 saturated carbocycles. The predicted octanol–water partition coefficient (Wildman–Crippen LogP) is 14.3. The number of benzene rings is 5. The molecule has 0 unspecified atom stereocenters. The number of furan rings is 2. The Morgan fingerprint density at radius 3 is 2.36 bits per heavy atom. The molecule has 321 valence electrons. The molecule has 0 fully saturated rings. The van der Waals surface area contributed by atoms with Crippen LogP contribution in [0.2, 0.25) is 0 Å². The molecule has 0 saturated heterocycles. The second-order valence-electron chi connectivity index (χ2n) is 17.0. The Bertz CT molecular complexity index is 3310. The fourth-order valence-electron chi connectivity index (χ4n) is 8.37. The van der Waals surface area contributed by atoms with Gasteiger partial charge in [-0.3, -0.25) is 4.98 Å². The van der Waals surface area contributed by atoms with Gasteiger partial charge in [-0.05, 0) is 80.1 Å². The van der Waals surface area contributed by atoms with E-state index in [9.17, 15) is 5.41 Å². The van der Waals surface area contributed by atoms with E-state index >= 15 is 0 Å². The van der Waals surface area contributed by atoms with Gasteiger partial charge < -0.3 is 23.8 Å². The van der Waals surface area contributed by atoms with Gasteiger partial charge in [-0.2, -0.15) is 0 Å². The second kappa shape index (κ2) is 18.9. The van der Waals surface area contributed by atoms with E-state index in [0.29, 0.717) is 16.9 Å². The van der Waals surface area contributed by atoms with Gasteiger partial charge in [0.2, 0.25) is 5.71 Å². The summed E-state index contributed by atoms with van der Waals surface area (Å²) < 4.78 is 14.3. The number of hydrogen-bond acceptors (Lipinski definition) is 5. The molecule has 5 aromatic heterocycles. The van der Waals surface area contributed by atoms with Gasteiger partial charge in [0.15, 0.2) is 0 Å². The van der Waals surface area contributed by atoms with Gasteiger partial charge in [-0.1, -0.05) is 97.3 Å². The molecule has 0 aliphatic carbocycles. The molecule has 64 heavy (non-hydrogen) atoms. The summed E-state index contributed by atoms with van der Waals surface area (Å²) in [5.74, 6) is 1.05. The number of imidazole rings is 1. The first kappa shape index (κ1) is 43.9. The van der Waals surface area contributed by atoms with Crippen LogP contribution < -0.4 is 0 Å². The first-order valence-corrected chi connectivity index (χ1v) is 21.4. The van der Waals surface area contributed by atoms with Gasteiger partial charge >= 0.3 is 0 Å². The van der Waals surface area contributed by atoms with Gasteiger partial charge in [-0.25, -0.2) is 10.7 Å². The summed E-state index contributed by atoms with van der Waals surface area (Å²) >= 11 is 0. The molecule has 1 radical (unpaired) electrons. The molecule has 1 aliphatic heterocycles. The molecule has 1 aliphatic rings. The van der Waals surface area contributed by atoms with Crippen LogP contribution >= 0.6 is 0 Å². The summed E-state index contributed by atoms with van der Waals surface area (Å²) in [5, 5.41) is 14.9. The maximum Gasteiger partial charge on any atom is 0.216 e. The third-order valence-corrected chi connectivity index (χ3v) is 11.0. The van der Waals surface area contributed by atoms with Gasteiger partial charge in [0.05, 0.1) is 22.4 Å². The Balaban J connectivity index is 0.000000133. The largest absolute Gasteiger partial charge is 0.855 e. The molecule has 0 N–H and O–H groups in total. The Labute approximate surface area is 387 Å². The number of rotatable bonds is 6. The normalized spacial score (nSPS) is 12.6. The molecule has 8 heteroatoms. The van der Waals surface area contributed by atoms with Gasteiger partial charge in [0, 0.05) is 54.9 Å². The van der Waals surface area contributed by atoms with Gasteiger partial charge in [0.25, 0.3) is 0 Å². The summed E-state index contributed by atoms with van der Waals surface area (Å²) in [7, 11) is 0. The van der Waals surface area contributed by atoms with Crippen LogP contribution in [0.15, 0.2) is 160 Å². The summed E-state index contributed by atoms with van der Waals surface area (Å²) in [4.78, 5) is 13.6. The molecule has 0 atom stereocenters. The zero-order valence-corrected chi connectivity index (χ0v) is 39.0. The van der Waals surface area contributed by atoms with E-state index in [1.807, 2.05) is 123 Å². The molecule has 0 bridgehead atoms. The first-order valence-electron chi connectivity index (χ1n) is 21.4. The number of nitrogens with zero attached hydrogens (tertiary/aromatic N) is 5. The van der Waals surface area contributed by atoms with Crippen LogP contribution in [0, 0.1) is 30.5 Å². The zero-order valence-electron chi connectivity index (χ0n) is 36.6. The minimum absolute atomic E-state index is 0. The number of aromatic nitrogens is 4. The van der Waals surface area contributed by atoms with E-state index in [-0.39, 0.29) is 31.2 Å². The van der Waals surface area contributed by atoms with Gasteiger partial charge in [0.1, 0.15) is 5.58 Å². The molecule has 0 amide bonds. The quantitative estimate of drug-likeness (QED) is 0.0940. The summed E-state index contributed by atoms with van der Waals surface area (Å²) in [5.41, 5.74) is 12.5. The number of aryl methyl sites for hydroxylation is 3. The fraction of sp³-hybridized carbons (Fsp3) is 0.179. The van der Waals surface area contributed by atoms with Crippen molar-refractivity contribution in [1.29, 1.82) is 0 Å². The SMILES string of the molecule is C/C=C\C(=C/C(=[N-])c1[c-]ccc2c1oc1nc(C)ccc12)CC(C)(C)C.[Ir].[c-]1ccc2c(oc3ccccc32)c1-c1ccccn1.[c-]1ccccc1-c1nc2cccc3c2n1CCC3. The third kappa shape index (κ3) is 9.17. The number of allylic oxidation sites excluding steroid dienone is 4. The first-order chi connectivity index (χ1) is 30.6. The van der Waals surface area contributed by atoms with Crippen molar-refractivity contribution in [1.82, 2.24) is 19.5 Å². The maximum atomic E-state index is 10.8. The molecule has 5 aromatic carbocycles. The van der Waals surface area contributed by atoms with Crippen LogP contribution in [0.25, 0.3) is 83.1 Å². The third-order valence-electron chi connectivity index (χ3n) is 11.0. The van der Waals surface area contributed by atoms with E-state index < -0.39 is 0 Å². The van der Waals surface area contributed by atoms with Crippen LogP contribution in [-0.4, -0.2) is 25.2 Å². The fourth-order valence-corrected chi connectivity index (χ4v) is 8.37. The van der Waals surface area contributed by atoms with E-state index in [1.165, 1.54) is 23.9 Å². The van der Waals surface area contributed by atoms with Crippen molar-refractivity contribution in [3.63, 3.8) is 0 Å². The maximum absolute atomic E-state index is 10.8. The van der Waals surface area contributed by atoms with Gasteiger partial charge in [-0.15, -0.1) is 83.9 Å². The van der Waals surface area contributed by atoms with Crippen molar-refractivity contribution in [3.8, 4) is 22.6 Å². The van der Waals surface area contributed by atoms with E-state index in [2.05, 4.69) is 83.8 Å². The average molecular weight is 1010 g/mol. The van der Waals surface area contributed by atoms with Crippen LogP contribution in [0.4, 0.5) is 0 Å². The topological polar surface area (TPSA) is 92.2 Å². The number of hydrogen-bond donors (Lipinski definition) is 0. The van der Waals surface area contributed by atoms with Crippen molar-refractivity contribution in [2.24, 2.45) is 5.41 Å². The van der Waals surface area contributed by atoms with Crippen LogP contribution in [-0.2, 0) is 33.1 Å². The van der Waals surface area contributed by atoms with Crippen molar-refractivity contribution in [2.45, 2.75) is 60.4 Å².